The van der Waals surface area contributed by atoms with Crippen molar-refractivity contribution >= 4 is 34.4 Å². The van der Waals surface area contributed by atoms with Gasteiger partial charge in [-0.1, -0.05) is 34.1 Å². The summed E-state index contributed by atoms with van der Waals surface area (Å²) in [5, 5.41) is 10.9. The van der Waals surface area contributed by atoms with Crippen molar-refractivity contribution in [2.45, 2.75) is 0 Å². The van der Waals surface area contributed by atoms with Gasteiger partial charge in [0.1, 0.15) is 5.56 Å². The first-order valence-electron chi connectivity index (χ1n) is 9.11. The molecule has 0 spiro atoms. The normalized spacial score (nSPS) is 11.4. The number of hydrogen-bond donors (Lipinski definition) is 2. The van der Waals surface area contributed by atoms with Crippen LogP contribution < -0.4 is 10.5 Å². The van der Waals surface area contributed by atoms with Crippen LogP contribution in [0.3, 0.4) is 0 Å². The molecule has 29 heavy (non-hydrogen) atoms. The predicted molar refractivity (Wildman–Crippen MR) is 122 cm³/mol. The zero-order valence-electron chi connectivity index (χ0n) is 16.2. The Labute approximate surface area is 182 Å². The lowest BCUT2D eigenvalue weighted by Crippen LogP contribution is -3.06. The van der Waals surface area contributed by atoms with Gasteiger partial charge in [0.25, 0.3) is 5.56 Å². The lowest BCUT2D eigenvalue weighted by Gasteiger charge is -2.16. The quantitative estimate of drug-likeness (QED) is 0.426. The number of halogens is 1. The fourth-order valence-corrected chi connectivity index (χ4v) is 3.44. The average molecular weight is 474 g/mol. The molecule has 0 aliphatic carbocycles. The van der Waals surface area contributed by atoms with Gasteiger partial charge in [-0.05, 0) is 48.6 Å². The monoisotopic (exact) mass is 473 g/mol. The van der Waals surface area contributed by atoms with E-state index in [9.17, 15) is 9.90 Å². The van der Waals surface area contributed by atoms with Gasteiger partial charge in [0.2, 0.25) is 5.88 Å². The summed E-state index contributed by atoms with van der Waals surface area (Å²) in [5.74, 6) is -0.226. The molecule has 0 fully saturated rings. The van der Waals surface area contributed by atoms with Gasteiger partial charge in [-0.15, -0.1) is 0 Å². The number of nitrogens with zero attached hydrogens (tertiary/aromatic N) is 3. The number of nitrogens with one attached hydrogen (secondary N) is 1. The van der Waals surface area contributed by atoms with E-state index in [-0.39, 0.29) is 16.2 Å². The van der Waals surface area contributed by atoms with Crippen LogP contribution >= 0.6 is 28.1 Å². The third-order valence-corrected chi connectivity index (χ3v) is 5.22. The van der Waals surface area contributed by atoms with Crippen molar-refractivity contribution < 1.29 is 10.0 Å². The number of benzene rings is 2. The third kappa shape index (κ3) is 4.72. The number of para-hydroxylation sites is 1. The van der Waals surface area contributed by atoms with Crippen LogP contribution in [0.2, 0.25) is 0 Å². The molecule has 0 aliphatic heterocycles. The molecule has 1 aromatic heterocycles. The first kappa shape index (κ1) is 21.2. The number of quaternary nitrogens is 1. The highest BCUT2D eigenvalue weighted by molar-refractivity contribution is 9.10. The zero-order valence-corrected chi connectivity index (χ0v) is 18.6. The van der Waals surface area contributed by atoms with Crippen molar-refractivity contribution in [2.24, 2.45) is 4.99 Å². The van der Waals surface area contributed by atoms with Crippen molar-refractivity contribution in [2.75, 3.05) is 27.2 Å². The zero-order chi connectivity index (χ0) is 21.0. The number of hydrogen-bond acceptors (Lipinski definition) is 4. The summed E-state index contributed by atoms with van der Waals surface area (Å²) in [6.45, 7) is 1.36. The van der Waals surface area contributed by atoms with Crippen molar-refractivity contribution in [3.8, 4) is 17.3 Å². The third-order valence-electron chi connectivity index (χ3n) is 4.33. The molecule has 150 valence electrons. The van der Waals surface area contributed by atoms with E-state index in [0.717, 1.165) is 11.0 Å². The highest BCUT2D eigenvalue weighted by Gasteiger charge is 2.18. The second-order valence-electron chi connectivity index (χ2n) is 6.80. The molecule has 0 saturated carbocycles. The Kier molecular flexibility index (Phi) is 6.79. The smallest absolute Gasteiger partial charge is 0.271 e. The highest BCUT2D eigenvalue weighted by atomic mass is 79.9. The minimum Gasteiger partial charge on any atom is -0.494 e. The fraction of sp³-hybridized carbons (Fsp3) is 0.190. The molecule has 6 nitrogen and oxygen atoms in total. The Morgan fingerprint density at radius 3 is 2.31 bits per heavy atom. The maximum Gasteiger partial charge on any atom is 0.271 e. The largest absolute Gasteiger partial charge is 0.494 e. The second kappa shape index (κ2) is 9.30. The van der Waals surface area contributed by atoms with Crippen LogP contribution in [0.5, 0.6) is 5.88 Å². The Morgan fingerprint density at radius 2 is 1.69 bits per heavy atom. The Morgan fingerprint density at radius 1 is 1.07 bits per heavy atom. The van der Waals surface area contributed by atoms with Crippen LogP contribution in [0.1, 0.15) is 5.56 Å². The summed E-state index contributed by atoms with van der Waals surface area (Å²) >= 11 is 9.01. The molecule has 8 heteroatoms. The average Bonchev–Trinajstić information content (AvgIpc) is 2.69. The second-order valence-corrected chi connectivity index (χ2v) is 8.08. The van der Waals surface area contributed by atoms with Gasteiger partial charge >= 0.3 is 0 Å². The van der Waals surface area contributed by atoms with Gasteiger partial charge in [0, 0.05) is 10.7 Å². The molecule has 0 amide bonds. The van der Waals surface area contributed by atoms with E-state index in [1.165, 1.54) is 20.2 Å². The lowest BCUT2D eigenvalue weighted by atomic mass is 10.2. The van der Waals surface area contributed by atoms with Crippen molar-refractivity contribution in [3.05, 3.63) is 79.8 Å². The van der Waals surface area contributed by atoms with E-state index in [1.807, 2.05) is 56.6 Å². The molecule has 0 atom stereocenters. The summed E-state index contributed by atoms with van der Waals surface area (Å²) in [6.07, 6.45) is 1.43. The summed E-state index contributed by atoms with van der Waals surface area (Å²) < 4.78 is 3.97. The molecule has 0 unspecified atom stereocenters. The van der Waals surface area contributed by atoms with Gasteiger partial charge in [-0.25, -0.2) is 0 Å². The van der Waals surface area contributed by atoms with Gasteiger partial charge < -0.3 is 10.0 Å². The van der Waals surface area contributed by atoms with E-state index in [0.29, 0.717) is 17.9 Å². The van der Waals surface area contributed by atoms with Gasteiger partial charge in [-0.2, -0.15) is 0 Å². The Balaban J connectivity index is 2.25. The SMILES string of the molecule is C[NH+](C)CCN=Cc1c(O)n(-c2ccc(Br)cc2)c(=S)n(-c2ccccc2)c1=O. The first-order valence-corrected chi connectivity index (χ1v) is 10.3. The summed E-state index contributed by atoms with van der Waals surface area (Å²) in [7, 11) is 4.06. The standard InChI is InChI=1S/C21H21BrN4O2S/c1-24(2)13-12-23-14-18-19(27)25(16-6-4-3-5-7-16)21(29)26(20(18)28)17-10-8-15(22)9-11-17/h3-11,14,28H,12-13H2,1-2H3/p+1. The molecule has 0 saturated heterocycles. The molecule has 0 bridgehead atoms. The number of aromatic hydroxyl groups is 1. The first-order chi connectivity index (χ1) is 13.9. The summed E-state index contributed by atoms with van der Waals surface area (Å²) in [5.41, 5.74) is 0.959. The summed E-state index contributed by atoms with van der Waals surface area (Å²) in [6, 6.07) is 16.5. The van der Waals surface area contributed by atoms with Crippen LogP contribution in [0.25, 0.3) is 11.4 Å². The van der Waals surface area contributed by atoms with E-state index < -0.39 is 5.56 Å². The van der Waals surface area contributed by atoms with Crippen molar-refractivity contribution in [3.63, 3.8) is 0 Å². The minimum atomic E-state index is -0.409. The van der Waals surface area contributed by atoms with E-state index in [1.54, 1.807) is 12.1 Å². The molecular formula is C21H22BrN4O2S+. The van der Waals surface area contributed by atoms with E-state index in [2.05, 4.69) is 20.9 Å². The van der Waals surface area contributed by atoms with Gasteiger partial charge in [0.05, 0.1) is 38.6 Å². The van der Waals surface area contributed by atoms with Crippen LogP contribution in [-0.4, -0.2) is 47.6 Å². The maximum absolute atomic E-state index is 13.2. The van der Waals surface area contributed by atoms with Crippen molar-refractivity contribution in [1.82, 2.24) is 9.13 Å². The highest BCUT2D eigenvalue weighted by Crippen LogP contribution is 2.22. The number of aliphatic imine (C=N–C) groups is 1. The number of rotatable bonds is 6. The molecule has 3 aromatic rings. The lowest BCUT2D eigenvalue weighted by molar-refractivity contribution is -0.856. The van der Waals surface area contributed by atoms with Crippen LogP contribution in [-0.2, 0) is 0 Å². The van der Waals surface area contributed by atoms with Crippen molar-refractivity contribution in [1.29, 1.82) is 0 Å². The summed E-state index contributed by atoms with van der Waals surface area (Å²) in [4.78, 5) is 18.8. The Bertz CT molecular complexity index is 1140. The molecule has 1 heterocycles. The number of aromatic nitrogens is 2. The number of likely N-dealkylation sites (N-methyl/N-ethyl adjacent to an activating group) is 1. The molecule has 3 rings (SSSR count). The Hall–Kier alpha value is -2.55. The molecule has 2 N–H and O–H groups in total. The fourth-order valence-electron chi connectivity index (χ4n) is 2.80. The minimum absolute atomic E-state index is 0.0964. The topological polar surface area (TPSA) is 64.0 Å². The van der Waals surface area contributed by atoms with Crippen LogP contribution in [0, 0.1) is 4.77 Å². The van der Waals surface area contributed by atoms with Crippen LogP contribution in [0.4, 0.5) is 0 Å². The van der Waals surface area contributed by atoms with Crippen LogP contribution in [0.15, 0.2) is 68.9 Å². The molecule has 0 radical (unpaired) electrons. The van der Waals surface area contributed by atoms with Gasteiger partial charge in [-0.3, -0.25) is 18.9 Å². The molecule has 2 aromatic carbocycles. The predicted octanol–water partition coefficient (Wildman–Crippen LogP) is 2.39. The molecular weight excluding hydrogens is 452 g/mol. The van der Waals surface area contributed by atoms with E-state index >= 15 is 0 Å². The van der Waals surface area contributed by atoms with Gasteiger partial charge in [0.15, 0.2) is 4.77 Å². The van der Waals surface area contributed by atoms with E-state index in [4.69, 9.17) is 12.2 Å². The molecule has 0 aliphatic rings. The maximum atomic E-state index is 13.2.